The molecule has 4 aromatic carbocycles. The fraction of sp³-hybridized carbons (Fsp3) is 0.314. The summed E-state index contributed by atoms with van der Waals surface area (Å²) in [5, 5.41) is 0. The van der Waals surface area contributed by atoms with Gasteiger partial charge in [0.25, 0.3) is 0 Å². The molecule has 2 fully saturated rings. The van der Waals surface area contributed by atoms with Crippen LogP contribution in [0.25, 0.3) is 0 Å². The van der Waals surface area contributed by atoms with Crippen LogP contribution in [0.1, 0.15) is 22.3 Å². The average Bonchev–Trinajstić information content (AvgIpc) is 3.81. The molecule has 4 aromatic rings. The second-order valence-corrected chi connectivity index (χ2v) is 10.4. The van der Waals surface area contributed by atoms with Crippen molar-refractivity contribution in [2.45, 2.75) is 63.2 Å². The smallest absolute Gasteiger partial charge is 0.187 e. The molecule has 6 atom stereocenters. The minimum Gasteiger partial charge on any atom is -0.374 e. The molecule has 0 aromatic heterocycles. The summed E-state index contributed by atoms with van der Waals surface area (Å²) in [7, 11) is 0. The molecule has 0 N–H and O–H groups in total. The maximum atomic E-state index is 6.68. The summed E-state index contributed by atoms with van der Waals surface area (Å²) in [6, 6.07) is 40.6. The van der Waals surface area contributed by atoms with Crippen LogP contribution in [0.4, 0.5) is 0 Å². The number of rotatable bonds is 13. The Morgan fingerprint density at radius 2 is 0.854 bits per heavy atom. The number of fused-ring (bicyclic) bond motifs is 1. The number of benzene rings is 4. The lowest BCUT2D eigenvalue weighted by atomic mass is 10.0. The van der Waals surface area contributed by atoms with Crippen LogP contribution in [0, 0.1) is 0 Å². The van der Waals surface area contributed by atoms with Gasteiger partial charge in [0.2, 0.25) is 0 Å². The largest absolute Gasteiger partial charge is 0.374 e. The summed E-state index contributed by atoms with van der Waals surface area (Å²) < 4.78 is 38.5. The second-order valence-electron chi connectivity index (χ2n) is 10.4. The Morgan fingerprint density at radius 3 is 1.34 bits per heavy atom. The summed E-state index contributed by atoms with van der Waals surface area (Å²) in [5.41, 5.74) is 4.34. The lowest BCUT2D eigenvalue weighted by Gasteiger charge is -2.35. The molecule has 0 radical (unpaired) electrons. The third-order valence-corrected chi connectivity index (χ3v) is 7.38. The van der Waals surface area contributed by atoms with Gasteiger partial charge in [-0.05, 0) is 22.3 Å². The summed E-state index contributed by atoms with van der Waals surface area (Å²) in [4.78, 5) is 0. The Labute approximate surface area is 241 Å². The Hall–Kier alpha value is -3.36. The minimum absolute atomic E-state index is 0.249. The van der Waals surface area contributed by atoms with Crippen molar-refractivity contribution in [1.82, 2.24) is 0 Å². The second kappa shape index (κ2) is 14.0. The van der Waals surface area contributed by atoms with Gasteiger partial charge < -0.3 is 28.4 Å². The van der Waals surface area contributed by atoms with Crippen molar-refractivity contribution >= 4 is 0 Å². The van der Waals surface area contributed by atoms with Gasteiger partial charge in [-0.3, -0.25) is 0 Å². The average molecular weight is 553 g/mol. The lowest BCUT2D eigenvalue weighted by Crippen LogP contribution is -2.50. The molecule has 6 rings (SSSR count). The van der Waals surface area contributed by atoms with E-state index in [0.29, 0.717) is 33.0 Å². The Kier molecular flexibility index (Phi) is 9.50. The zero-order valence-corrected chi connectivity index (χ0v) is 23.0. The molecular formula is C35H36O6. The van der Waals surface area contributed by atoms with Crippen molar-refractivity contribution in [1.29, 1.82) is 0 Å². The first-order valence-electron chi connectivity index (χ1n) is 14.2. The van der Waals surface area contributed by atoms with Gasteiger partial charge in [0.05, 0.1) is 33.0 Å². The number of epoxide rings is 1. The first-order chi connectivity index (χ1) is 20.3. The molecule has 2 heterocycles. The zero-order chi connectivity index (χ0) is 27.7. The van der Waals surface area contributed by atoms with E-state index in [-0.39, 0.29) is 12.2 Å². The zero-order valence-electron chi connectivity index (χ0n) is 23.0. The molecule has 0 saturated carbocycles. The molecule has 6 heteroatoms. The van der Waals surface area contributed by atoms with Gasteiger partial charge in [-0.25, -0.2) is 0 Å². The van der Waals surface area contributed by atoms with Gasteiger partial charge in [0.15, 0.2) is 6.29 Å². The molecule has 2 saturated heterocycles. The highest BCUT2D eigenvalue weighted by Gasteiger charge is 2.58. The first-order valence-corrected chi connectivity index (χ1v) is 14.2. The molecule has 2 aliphatic rings. The van der Waals surface area contributed by atoms with Gasteiger partial charge >= 0.3 is 0 Å². The van der Waals surface area contributed by atoms with Crippen molar-refractivity contribution in [3.8, 4) is 0 Å². The predicted molar refractivity (Wildman–Crippen MR) is 155 cm³/mol. The Balaban J connectivity index is 1.25. The first kappa shape index (κ1) is 27.8. The van der Waals surface area contributed by atoms with Crippen molar-refractivity contribution in [3.05, 3.63) is 144 Å². The standard InChI is InChI=1S/C35H36O6/c1-5-13-26(14-6-1)21-36-25-30-31(37-22-27-15-7-2-8-16-27)32(38-23-28-17-9-3-10-18-28)33(34-35(40-30)41-34)39-24-29-19-11-4-12-20-29/h1-20,30-35H,21-25H2/t30-,31-,32+,33-,34?,35?/m1/s1. The molecule has 2 aliphatic heterocycles. The Morgan fingerprint density at radius 1 is 0.439 bits per heavy atom. The summed E-state index contributed by atoms with van der Waals surface area (Å²) in [6.45, 7) is 2.07. The van der Waals surface area contributed by atoms with Crippen LogP contribution in [0.3, 0.4) is 0 Å². The van der Waals surface area contributed by atoms with Crippen LogP contribution in [0.5, 0.6) is 0 Å². The summed E-state index contributed by atoms with van der Waals surface area (Å²) in [5.74, 6) is 0. The topological polar surface area (TPSA) is 58.7 Å². The van der Waals surface area contributed by atoms with Crippen LogP contribution in [-0.4, -0.2) is 43.4 Å². The number of hydrogen-bond acceptors (Lipinski definition) is 6. The highest BCUT2D eigenvalue weighted by Crippen LogP contribution is 2.39. The molecule has 212 valence electrons. The summed E-state index contributed by atoms with van der Waals surface area (Å²) in [6.07, 6.45) is -2.35. The van der Waals surface area contributed by atoms with E-state index < -0.39 is 24.6 Å². The monoisotopic (exact) mass is 552 g/mol. The van der Waals surface area contributed by atoms with Crippen molar-refractivity contribution in [3.63, 3.8) is 0 Å². The number of ether oxygens (including phenoxy) is 6. The van der Waals surface area contributed by atoms with Gasteiger partial charge in [-0.1, -0.05) is 121 Å². The molecule has 6 nitrogen and oxygen atoms in total. The molecule has 0 amide bonds. The maximum absolute atomic E-state index is 6.68. The van der Waals surface area contributed by atoms with E-state index >= 15 is 0 Å². The van der Waals surface area contributed by atoms with E-state index in [1.165, 1.54) is 0 Å². The van der Waals surface area contributed by atoms with Gasteiger partial charge in [-0.15, -0.1) is 0 Å². The van der Waals surface area contributed by atoms with Crippen LogP contribution >= 0.6 is 0 Å². The van der Waals surface area contributed by atoms with Gasteiger partial charge in [0, 0.05) is 0 Å². The van der Waals surface area contributed by atoms with Crippen molar-refractivity contribution in [2.75, 3.05) is 6.61 Å². The third-order valence-electron chi connectivity index (χ3n) is 7.38. The highest BCUT2D eigenvalue weighted by molar-refractivity contribution is 5.16. The van der Waals surface area contributed by atoms with E-state index in [1.807, 2.05) is 72.8 Å². The van der Waals surface area contributed by atoms with Crippen molar-refractivity contribution < 1.29 is 28.4 Å². The lowest BCUT2D eigenvalue weighted by molar-refractivity contribution is -0.200. The maximum Gasteiger partial charge on any atom is 0.187 e. The molecule has 41 heavy (non-hydrogen) atoms. The molecule has 2 unspecified atom stereocenters. The SMILES string of the molecule is c1ccc(COC[C@H]2OC3OC3[C@H](OCc3ccccc3)[C@@H](OCc3ccccc3)[C@@H]2OCc2ccccc2)cc1. The fourth-order valence-corrected chi connectivity index (χ4v) is 5.17. The van der Waals surface area contributed by atoms with Crippen LogP contribution in [-0.2, 0) is 54.8 Å². The fourth-order valence-electron chi connectivity index (χ4n) is 5.17. The predicted octanol–water partition coefficient (Wildman–Crippen LogP) is 6.08. The third kappa shape index (κ3) is 7.68. The van der Waals surface area contributed by atoms with E-state index in [0.717, 1.165) is 22.3 Å². The number of hydrogen-bond donors (Lipinski definition) is 0. The molecule has 0 bridgehead atoms. The summed E-state index contributed by atoms with van der Waals surface area (Å²) >= 11 is 0. The van der Waals surface area contributed by atoms with Crippen LogP contribution in [0.2, 0.25) is 0 Å². The molecular weight excluding hydrogens is 516 g/mol. The molecule has 0 spiro atoms. The normalized spacial score (nSPS) is 25.3. The van der Waals surface area contributed by atoms with E-state index in [4.69, 9.17) is 28.4 Å². The van der Waals surface area contributed by atoms with E-state index in [2.05, 4.69) is 48.5 Å². The van der Waals surface area contributed by atoms with Crippen LogP contribution < -0.4 is 0 Å². The van der Waals surface area contributed by atoms with E-state index in [1.54, 1.807) is 0 Å². The van der Waals surface area contributed by atoms with Crippen LogP contribution in [0.15, 0.2) is 121 Å². The quantitative estimate of drug-likeness (QED) is 0.187. The minimum atomic E-state index is -0.453. The van der Waals surface area contributed by atoms with Crippen molar-refractivity contribution in [2.24, 2.45) is 0 Å². The van der Waals surface area contributed by atoms with Gasteiger partial charge in [-0.2, -0.15) is 0 Å². The Bertz CT molecular complexity index is 1300. The highest BCUT2D eigenvalue weighted by atomic mass is 16.8. The molecule has 0 aliphatic carbocycles. The van der Waals surface area contributed by atoms with Gasteiger partial charge in [0.1, 0.15) is 30.5 Å². The van der Waals surface area contributed by atoms with E-state index in [9.17, 15) is 0 Å².